The summed E-state index contributed by atoms with van der Waals surface area (Å²) in [5.41, 5.74) is 0.0883. The highest BCUT2D eigenvalue weighted by Gasteiger charge is 2.42. The quantitative estimate of drug-likeness (QED) is 0.435. The first-order chi connectivity index (χ1) is 18.6. The molecule has 39 heavy (non-hydrogen) atoms. The van der Waals surface area contributed by atoms with Crippen molar-refractivity contribution < 1.29 is 26.7 Å². The monoisotopic (exact) mass is 581 g/mol. The van der Waals surface area contributed by atoms with Crippen molar-refractivity contribution in [2.24, 2.45) is 5.92 Å². The van der Waals surface area contributed by atoms with Gasteiger partial charge in [-0.25, -0.2) is 22.0 Å². The molecule has 2 saturated heterocycles. The lowest BCUT2D eigenvalue weighted by Crippen LogP contribution is -2.55. The summed E-state index contributed by atoms with van der Waals surface area (Å²) < 4.78 is 63.4. The van der Waals surface area contributed by atoms with Gasteiger partial charge in [-0.15, -0.1) is 0 Å². The number of piperazine rings is 1. The second-order valence-electron chi connectivity index (χ2n) is 10.9. The van der Waals surface area contributed by atoms with E-state index >= 15 is 0 Å². The van der Waals surface area contributed by atoms with E-state index in [1.54, 1.807) is 4.90 Å². The third-order valence-corrected chi connectivity index (χ3v) is 10.2. The first-order valence-corrected chi connectivity index (χ1v) is 15.3. The molecule has 3 atom stereocenters. The van der Waals surface area contributed by atoms with Gasteiger partial charge in [-0.05, 0) is 75.3 Å². The maximum atomic E-state index is 14.9. The largest absolute Gasteiger partial charge is 0.448 e. The maximum absolute atomic E-state index is 14.9. The van der Waals surface area contributed by atoms with Gasteiger partial charge in [-0.1, -0.05) is 17.7 Å². The van der Waals surface area contributed by atoms with Gasteiger partial charge in [0, 0.05) is 48.9 Å². The molecule has 0 bridgehead atoms. The number of nitrogens with zero attached hydrogens (tertiary/aromatic N) is 3. The SMILES string of the molecule is CC1CN(CC2CC2)CCN1C(=O)OC[C@H]1CCC[C@@H](c2ccc(F)cc2F)N1S(=O)(=O)c1ccc(Cl)cc1. The lowest BCUT2D eigenvalue weighted by Gasteiger charge is -2.42. The Labute approximate surface area is 233 Å². The van der Waals surface area contributed by atoms with Crippen molar-refractivity contribution in [1.29, 1.82) is 0 Å². The highest BCUT2D eigenvalue weighted by molar-refractivity contribution is 7.89. The van der Waals surface area contributed by atoms with Crippen LogP contribution in [0, 0.1) is 17.6 Å². The fourth-order valence-electron chi connectivity index (χ4n) is 5.76. The Morgan fingerprint density at radius 2 is 1.79 bits per heavy atom. The van der Waals surface area contributed by atoms with Crippen molar-refractivity contribution in [3.8, 4) is 0 Å². The minimum atomic E-state index is -4.15. The number of piperidine rings is 1. The molecule has 2 heterocycles. The zero-order valence-electron chi connectivity index (χ0n) is 21.9. The lowest BCUT2D eigenvalue weighted by atomic mass is 9.93. The van der Waals surface area contributed by atoms with Crippen molar-refractivity contribution in [2.75, 3.05) is 32.8 Å². The summed E-state index contributed by atoms with van der Waals surface area (Å²) in [6, 6.07) is 7.30. The molecular formula is C28H34ClF2N3O4S. The van der Waals surface area contributed by atoms with Crippen LogP contribution in [0.4, 0.5) is 13.6 Å². The van der Waals surface area contributed by atoms with Crippen LogP contribution in [0.25, 0.3) is 0 Å². The predicted molar refractivity (Wildman–Crippen MR) is 144 cm³/mol. The van der Waals surface area contributed by atoms with Gasteiger partial charge in [0.1, 0.15) is 18.2 Å². The summed E-state index contributed by atoms with van der Waals surface area (Å²) in [5.74, 6) is -0.780. The van der Waals surface area contributed by atoms with Crippen molar-refractivity contribution in [2.45, 2.75) is 62.0 Å². The molecular weight excluding hydrogens is 548 g/mol. The Kier molecular flexibility index (Phi) is 8.47. The summed E-state index contributed by atoms with van der Waals surface area (Å²) in [6.45, 7) is 4.99. The fraction of sp³-hybridized carbons (Fsp3) is 0.536. The Balaban J connectivity index is 1.36. The third kappa shape index (κ3) is 6.39. The van der Waals surface area contributed by atoms with Crippen LogP contribution >= 0.6 is 11.6 Å². The fourth-order valence-corrected chi connectivity index (χ4v) is 7.72. The molecule has 5 rings (SSSR count). The molecule has 7 nitrogen and oxygen atoms in total. The highest BCUT2D eigenvalue weighted by Crippen LogP contribution is 2.40. The normalized spacial score (nSPS) is 25.0. The van der Waals surface area contributed by atoms with Gasteiger partial charge in [0.25, 0.3) is 0 Å². The number of ether oxygens (including phenoxy) is 1. The van der Waals surface area contributed by atoms with Crippen molar-refractivity contribution in [1.82, 2.24) is 14.1 Å². The van der Waals surface area contributed by atoms with Crippen LogP contribution in [0.2, 0.25) is 5.02 Å². The Hall–Kier alpha value is -2.27. The first kappa shape index (κ1) is 28.3. The topological polar surface area (TPSA) is 70.2 Å². The van der Waals surface area contributed by atoms with E-state index in [2.05, 4.69) is 4.90 Å². The molecule has 0 spiro atoms. The van der Waals surface area contributed by atoms with Crippen LogP contribution in [0.5, 0.6) is 0 Å². The van der Waals surface area contributed by atoms with Crippen molar-refractivity contribution in [3.63, 3.8) is 0 Å². The van der Waals surface area contributed by atoms with E-state index in [1.165, 1.54) is 47.5 Å². The minimum Gasteiger partial charge on any atom is -0.448 e. The Morgan fingerprint density at radius 3 is 2.46 bits per heavy atom. The van der Waals surface area contributed by atoms with E-state index in [1.807, 2.05) is 6.92 Å². The number of carbonyl (C=O) groups excluding carboxylic acids is 1. The van der Waals surface area contributed by atoms with E-state index in [0.29, 0.717) is 30.8 Å². The van der Waals surface area contributed by atoms with Gasteiger partial charge in [0.2, 0.25) is 10.0 Å². The smallest absolute Gasteiger partial charge is 0.410 e. The summed E-state index contributed by atoms with van der Waals surface area (Å²) in [4.78, 5) is 17.2. The highest BCUT2D eigenvalue weighted by atomic mass is 35.5. The molecule has 2 aromatic carbocycles. The van der Waals surface area contributed by atoms with Crippen LogP contribution in [-0.2, 0) is 14.8 Å². The van der Waals surface area contributed by atoms with Crippen LogP contribution in [0.1, 0.15) is 50.6 Å². The number of carbonyl (C=O) groups is 1. The Bertz CT molecular complexity index is 1290. The van der Waals surface area contributed by atoms with Crippen molar-refractivity contribution >= 4 is 27.7 Å². The first-order valence-electron chi connectivity index (χ1n) is 13.5. The van der Waals surface area contributed by atoms with Crippen LogP contribution < -0.4 is 0 Å². The number of amides is 1. The predicted octanol–water partition coefficient (Wildman–Crippen LogP) is 5.46. The van der Waals surface area contributed by atoms with Crippen molar-refractivity contribution in [3.05, 3.63) is 64.7 Å². The molecule has 0 radical (unpaired) electrons. The van der Waals surface area contributed by atoms with Gasteiger partial charge < -0.3 is 9.64 Å². The molecule has 212 valence electrons. The van der Waals surface area contributed by atoms with Crippen LogP contribution in [0.15, 0.2) is 47.4 Å². The number of hydrogen-bond donors (Lipinski definition) is 0. The van der Waals surface area contributed by atoms with E-state index in [9.17, 15) is 22.0 Å². The van der Waals surface area contributed by atoms with Gasteiger partial charge in [-0.3, -0.25) is 4.90 Å². The van der Waals surface area contributed by atoms with Gasteiger partial charge in [0.05, 0.1) is 17.0 Å². The van der Waals surface area contributed by atoms with Gasteiger partial charge in [-0.2, -0.15) is 4.31 Å². The second kappa shape index (κ2) is 11.7. The van der Waals surface area contributed by atoms with E-state index in [4.69, 9.17) is 16.3 Å². The Morgan fingerprint density at radius 1 is 1.05 bits per heavy atom. The van der Waals surface area contributed by atoms with E-state index in [-0.39, 0.29) is 23.1 Å². The molecule has 1 amide bonds. The molecule has 1 aliphatic carbocycles. The average Bonchev–Trinajstić information content (AvgIpc) is 3.71. The van der Waals surface area contributed by atoms with E-state index in [0.717, 1.165) is 37.7 Å². The summed E-state index contributed by atoms with van der Waals surface area (Å²) >= 11 is 5.98. The minimum absolute atomic E-state index is 0.00180. The zero-order chi connectivity index (χ0) is 27.7. The van der Waals surface area contributed by atoms with Crippen LogP contribution in [0.3, 0.4) is 0 Å². The molecule has 2 aliphatic heterocycles. The molecule has 2 aromatic rings. The summed E-state index contributed by atoms with van der Waals surface area (Å²) in [7, 11) is -4.15. The number of rotatable bonds is 7. The number of hydrogen-bond acceptors (Lipinski definition) is 5. The van der Waals surface area contributed by atoms with Crippen LogP contribution in [-0.4, -0.2) is 73.5 Å². The third-order valence-electron chi connectivity index (χ3n) is 7.95. The summed E-state index contributed by atoms with van der Waals surface area (Å²) in [5, 5.41) is 0.380. The molecule has 3 fully saturated rings. The maximum Gasteiger partial charge on any atom is 0.410 e. The standard InChI is InChI=1S/C28H34ClF2N3O4S/c1-19-16-32(17-20-5-6-20)13-14-33(19)28(35)38-18-23-3-2-4-27(25-12-9-22(30)15-26(25)31)34(23)39(36,37)24-10-7-21(29)8-11-24/h7-12,15,19-20,23,27H,2-6,13-14,16-18H2,1H3/t19?,23-,27+/m1/s1. The van der Waals surface area contributed by atoms with Gasteiger partial charge >= 0.3 is 6.09 Å². The number of halogens is 3. The average molecular weight is 582 g/mol. The molecule has 1 saturated carbocycles. The zero-order valence-corrected chi connectivity index (χ0v) is 23.5. The van der Waals surface area contributed by atoms with E-state index < -0.39 is 39.8 Å². The molecule has 3 aliphatic rings. The van der Waals surface area contributed by atoms with Gasteiger partial charge in [0.15, 0.2) is 0 Å². The lowest BCUT2D eigenvalue weighted by molar-refractivity contribution is 0.0315. The molecule has 0 aromatic heterocycles. The number of benzene rings is 2. The second-order valence-corrected chi connectivity index (χ2v) is 13.2. The molecule has 11 heteroatoms. The molecule has 0 N–H and O–H groups in total. The number of sulfonamides is 1. The summed E-state index contributed by atoms with van der Waals surface area (Å²) in [6.07, 6.45) is 3.44. The molecule has 1 unspecified atom stereocenters.